The highest BCUT2D eigenvalue weighted by Gasteiger charge is 2.02. The fourth-order valence-corrected chi connectivity index (χ4v) is 1.79. The van der Waals surface area contributed by atoms with Gasteiger partial charge in [0, 0.05) is 19.7 Å². The van der Waals surface area contributed by atoms with Crippen LogP contribution in [-0.4, -0.2) is 23.6 Å². The maximum Gasteiger partial charge on any atom is 0.158 e. The minimum atomic E-state index is -0.227. The van der Waals surface area contributed by atoms with Gasteiger partial charge in [-0.3, -0.25) is 0 Å². The van der Waals surface area contributed by atoms with E-state index < -0.39 is 0 Å². The van der Waals surface area contributed by atoms with Crippen molar-refractivity contribution in [1.29, 1.82) is 0 Å². The van der Waals surface area contributed by atoms with E-state index in [1.807, 2.05) is 0 Å². The van der Waals surface area contributed by atoms with Crippen LogP contribution in [0.2, 0.25) is 0 Å². The van der Waals surface area contributed by atoms with Gasteiger partial charge in [0.25, 0.3) is 0 Å². The maximum absolute atomic E-state index is 12.8. The normalized spacial score (nSPS) is 10.5. The molecule has 20 heavy (non-hydrogen) atoms. The van der Waals surface area contributed by atoms with E-state index in [9.17, 15) is 4.39 Å². The Labute approximate surface area is 117 Å². The fraction of sp³-hybridized carbons (Fsp3) is 0.286. The van der Waals surface area contributed by atoms with Crippen LogP contribution in [0.5, 0.6) is 0 Å². The number of nitrogens with zero attached hydrogens (tertiary/aromatic N) is 2. The van der Waals surface area contributed by atoms with Crippen molar-refractivity contribution >= 4 is 11.6 Å². The molecule has 0 unspecified atom stereocenters. The third-order valence-corrected chi connectivity index (χ3v) is 2.70. The van der Waals surface area contributed by atoms with Crippen LogP contribution in [0.15, 0.2) is 30.3 Å². The van der Waals surface area contributed by atoms with E-state index >= 15 is 0 Å². The quantitative estimate of drug-likeness (QED) is 0.844. The van der Waals surface area contributed by atoms with E-state index in [-0.39, 0.29) is 5.82 Å². The van der Waals surface area contributed by atoms with Gasteiger partial charge in [-0.1, -0.05) is 12.1 Å². The Hall–Kier alpha value is -2.21. The molecule has 0 spiro atoms. The monoisotopic (exact) mass is 276 g/mol. The number of rotatable bonds is 6. The molecule has 1 heterocycles. The molecule has 0 fully saturated rings. The molecule has 0 saturated carbocycles. The van der Waals surface area contributed by atoms with Gasteiger partial charge in [-0.15, -0.1) is 0 Å². The Balaban J connectivity index is 1.91. The predicted octanol–water partition coefficient (Wildman–Crippen LogP) is 2.00. The van der Waals surface area contributed by atoms with Crippen LogP contribution in [-0.2, 0) is 17.8 Å². The molecule has 2 aromatic rings. The lowest BCUT2D eigenvalue weighted by atomic mass is 10.1. The Kier molecular flexibility index (Phi) is 4.84. The number of methoxy groups -OCH3 is 1. The number of nitrogen functional groups attached to an aromatic ring is 1. The largest absolute Gasteiger partial charge is 0.384 e. The van der Waals surface area contributed by atoms with Crippen LogP contribution in [0.1, 0.15) is 11.4 Å². The van der Waals surface area contributed by atoms with Crippen molar-refractivity contribution in [2.45, 2.75) is 13.0 Å². The van der Waals surface area contributed by atoms with Gasteiger partial charge >= 0.3 is 0 Å². The van der Waals surface area contributed by atoms with Crippen LogP contribution < -0.4 is 11.1 Å². The van der Waals surface area contributed by atoms with Crippen molar-refractivity contribution in [1.82, 2.24) is 9.97 Å². The van der Waals surface area contributed by atoms with Crippen molar-refractivity contribution in [3.63, 3.8) is 0 Å². The molecule has 6 heteroatoms. The highest BCUT2D eigenvalue weighted by Crippen LogP contribution is 2.10. The molecule has 1 aromatic carbocycles. The molecule has 2 rings (SSSR count). The first-order valence-corrected chi connectivity index (χ1v) is 6.28. The Morgan fingerprint density at radius 3 is 2.70 bits per heavy atom. The van der Waals surface area contributed by atoms with Crippen molar-refractivity contribution in [3.05, 3.63) is 47.5 Å². The summed E-state index contributed by atoms with van der Waals surface area (Å²) in [6.45, 7) is 0.992. The third-order valence-electron chi connectivity index (χ3n) is 2.70. The molecule has 0 bridgehead atoms. The zero-order valence-corrected chi connectivity index (χ0v) is 11.3. The van der Waals surface area contributed by atoms with Crippen molar-refractivity contribution in [2.24, 2.45) is 0 Å². The minimum absolute atomic E-state index is 0.227. The predicted molar refractivity (Wildman–Crippen MR) is 75.8 cm³/mol. The first kappa shape index (κ1) is 14.2. The SMILES string of the molecule is COCc1nc(N)cc(NCCc2ccc(F)cc2)n1. The molecule has 106 valence electrons. The second-order valence-corrected chi connectivity index (χ2v) is 4.33. The summed E-state index contributed by atoms with van der Waals surface area (Å²) in [4.78, 5) is 8.34. The van der Waals surface area contributed by atoms with E-state index in [4.69, 9.17) is 10.5 Å². The highest BCUT2D eigenvalue weighted by atomic mass is 19.1. The van der Waals surface area contributed by atoms with Gasteiger partial charge in [0.2, 0.25) is 0 Å². The summed E-state index contributed by atoms with van der Waals surface area (Å²) in [7, 11) is 1.58. The maximum atomic E-state index is 12.8. The smallest absolute Gasteiger partial charge is 0.158 e. The summed E-state index contributed by atoms with van der Waals surface area (Å²) in [5.41, 5.74) is 6.75. The number of nitrogens with one attached hydrogen (secondary N) is 1. The Bertz CT molecular complexity index is 560. The molecule has 0 amide bonds. The number of benzene rings is 1. The summed E-state index contributed by atoms with van der Waals surface area (Å²) >= 11 is 0. The zero-order chi connectivity index (χ0) is 14.4. The van der Waals surface area contributed by atoms with Crippen LogP contribution >= 0.6 is 0 Å². The molecule has 0 radical (unpaired) electrons. The fourth-order valence-electron chi connectivity index (χ4n) is 1.79. The third kappa shape index (κ3) is 4.17. The van der Waals surface area contributed by atoms with Crippen LogP contribution in [0.3, 0.4) is 0 Å². The van der Waals surface area contributed by atoms with Gasteiger partial charge in [-0.25, -0.2) is 14.4 Å². The van der Waals surface area contributed by atoms with Crippen LogP contribution in [0.25, 0.3) is 0 Å². The van der Waals surface area contributed by atoms with Gasteiger partial charge < -0.3 is 15.8 Å². The number of hydrogen-bond acceptors (Lipinski definition) is 5. The summed E-state index contributed by atoms with van der Waals surface area (Å²) in [6.07, 6.45) is 0.768. The molecule has 5 nitrogen and oxygen atoms in total. The lowest BCUT2D eigenvalue weighted by Crippen LogP contribution is -2.09. The number of anilines is 2. The molecule has 0 saturated heterocycles. The van der Waals surface area contributed by atoms with Gasteiger partial charge in [0.1, 0.15) is 24.1 Å². The molecule has 0 atom stereocenters. The van der Waals surface area contributed by atoms with E-state index in [1.54, 1.807) is 25.3 Å². The minimum Gasteiger partial charge on any atom is -0.384 e. The second-order valence-electron chi connectivity index (χ2n) is 4.33. The lowest BCUT2D eigenvalue weighted by Gasteiger charge is -2.08. The van der Waals surface area contributed by atoms with E-state index in [0.29, 0.717) is 30.6 Å². The second kappa shape index (κ2) is 6.81. The molecule has 0 aliphatic rings. The van der Waals surface area contributed by atoms with E-state index in [0.717, 1.165) is 12.0 Å². The molecule has 0 aliphatic heterocycles. The number of nitrogens with two attached hydrogens (primary N) is 1. The van der Waals surface area contributed by atoms with Crippen molar-refractivity contribution in [3.8, 4) is 0 Å². The van der Waals surface area contributed by atoms with Crippen LogP contribution in [0, 0.1) is 5.82 Å². The topological polar surface area (TPSA) is 73.1 Å². The molecule has 3 N–H and O–H groups in total. The first-order chi connectivity index (χ1) is 9.67. The zero-order valence-electron chi connectivity index (χ0n) is 11.3. The van der Waals surface area contributed by atoms with Gasteiger partial charge in [-0.2, -0.15) is 0 Å². The molecule has 1 aromatic heterocycles. The van der Waals surface area contributed by atoms with Crippen molar-refractivity contribution < 1.29 is 9.13 Å². The van der Waals surface area contributed by atoms with Gasteiger partial charge in [-0.05, 0) is 24.1 Å². The van der Waals surface area contributed by atoms with Gasteiger partial charge in [0.15, 0.2) is 5.82 Å². The summed E-state index contributed by atoms with van der Waals surface area (Å²) < 4.78 is 17.8. The van der Waals surface area contributed by atoms with E-state index in [2.05, 4.69) is 15.3 Å². The average Bonchev–Trinajstić information content (AvgIpc) is 2.41. The van der Waals surface area contributed by atoms with Crippen LogP contribution in [0.4, 0.5) is 16.0 Å². The number of ether oxygens (including phenoxy) is 1. The lowest BCUT2D eigenvalue weighted by molar-refractivity contribution is 0.178. The Morgan fingerprint density at radius 1 is 1.25 bits per heavy atom. The van der Waals surface area contributed by atoms with Gasteiger partial charge in [0.05, 0.1) is 0 Å². The average molecular weight is 276 g/mol. The molecular weight excluding hydrogens is 259 g/mol. The molecular formula is C14H17FN4O. The summed E-state index contributed by atoms with van der Waals surface area (Å²) in [5.74, 6) is 1.37. The Morgan fingerprint density at radius 2 is 2.00 bits per heavy atom. The van der Waals surface area contributed by atoms with Crippen molar-refractivity contribution in [2.75, 3.05) is 24.7 Å². The molecule has 0 aliphatic carbocycles. The number of halogens is 1. The summed E-state index contributed by atoms with van der Waals surface area (Å²) in [5, 5.41) is 3.17. The standard InChI is InChI=1S/C14H17FN4O/c1-20-9-14-18-12(16)8-13(19-14)17-7-6-10-2-4-11(15)5-3-10/h2-5,8H,6-7,9H2,1H3,(H3,16,17,18,19). The highest BCUT2D eigenvalue weighted by molar-refractivity contribution is 5.44. The van der Waals surface area contributed by atoms with E-state index in [1.165, 1.54) is 12.1 Å². The summed E-state index contributed by atoms with van der Waals surface area (Å²) in [6, 6.07) is 8.11. The first-order valence-electron chi connectivity index (χ1n) is 6.28. The number of aromatic nitrogens is 2. The number of hydrogen-bond donors (Lipinski definition) is 2.